The number of rotatable bonds is 7. The smallest absolute Gasteiger partial charge is 0.272 e. The van der Waals surface area contributed by atoms with E-state index in [2.05, 4.69) is 33.9 Å². The molecule has 0 spiro atoms. The van der Waals surface area contributed by atoms with Gasteiger partial charge in [-0.2, -0.15) is 0 Å². The molecule has 0 radical (unpaired) electrons. The summed E-state index contributed by atoms with van der Waals surface area (Å²) in [5.41, 5.74) is 3.23. The molecule has 4 rings (SSSR count). The van der Waals surface area contributed by atoms with Crippen molar-refractivity contribution in [2.75, 3.05) is 27.2 Å². The summed E-state index contributed by atoms with van der Waals surface area (Å²) in [6.07, 6.45) is 3.65. The van der Waals surface area contributed by atoms with Crippen LogP contribution in [0, 0.1) is 6.92 Å². The first-order valence-electron chi connectivity index (χ1n) is 11.7. The lowest BCUT2D eigenvalue weighted by molar-refractivity contribution is 0.0820. The van der Waals surface area contributed by atoms with Crippen molar-refractivity contribution < 1.29 is 9.53 Å². The Bertz CT molecular complexity index is 1120. The number of carbonyl (C=O) groups is 1. The van der Waals surface area contributed by atoms with Gasteiger partial charge in [-0.1, -0.05) is 31.2 Å². The third kappa shape index (κ3) is 5.59. The lowest BCUT2D eigenvalue weighted by Crippen LogP contribution is -2.42. The number of aromatic nitrogens is 3. The molecule has 0 unspecified atom stereocenters. The molecule has 7 heteroatoms. The van der Waals surface area contributed by atoms with E-state index in [1.165, 1.54) is 5.56 Å². The van der Waals surface area contributed by atoms with Crippen molar-refractivity contribution in [2.24, 2.45) is 0 Å². The van der Waals surface area contributed by atoms with Crippen LogP contribution in [0.25, 0.3) is 0 Å². The molecule has 2 aromatic heterocycles. The minimum absolute atomic E-state index is 0.0879. The zero-order chi connectivity index (χ0) is 24.1. The maximum Gasteiger partial charge on any atom is 0.272 e. The maximum atomic E-state index is 12.5. The Hall–Kier alpha value is -3.32. The molecule has 7 nitrogen and oxygen atoms in total. The van der Waals surface area contributed by atoms with Crippen molar-refractivity contribution >= 4 is 5.91 Å². The van der Waals surface area contributed by atoms with Crippen molar-refractivity contribution in [1.29, 1.82) is 0 Å². The van der Waals surface area contributed by atoms with Crippen LogP contribution in [-0.4, -0.2) is 57.8 Å². The standard InChI is InChI=1S/C27H33N5O2/c1-20-17-23(25(33)31(3)4)30-26(29-20)27(2)12-15-32(16-13-27)18-21-9-5-6-11-24(21)34-19-22-10-7-8-14-28-22/h5-11,14,17H,12-13,15-16,18-19H2,1-4H3. The molecule has 0 aliphatic carbocycles. The number of hydrogen-bond acceptors (Lipinski definition) is 6. The lowest BCUT2D eigenvalue weighted by atomic mass is 9.79. The average molecular weight is 460 g/mol. The van der Waals surface area contributed by atoms with Crippen LogP contribution in [0.5, 0.6) is 5.75 Å². The van der Waals surface area contributed by atoms with E-state index in [4.69, 9.17) is 9.72 Å². The number of piperidine rings is 1. The number of nitrogens with zero attached hydrogens (tertiary/aromatic N) is 5. The molecule has 34 heavy (non-hydrogen) atoms. The summed E-state index contributed by atoms with van der Waals surface area (Å²) in [6.45, 7) is 7.28. The van der Waals surface area contributed by atoms with Crippen LogP contribution in [0.1, 0.15) is 53.0 Å². The molecular weight excluding hydrogens is 426 g/mol. The van der Waals surface area contributed by atoms with Gasteiger partial charge in [0.1, 0.15) is 23.9 Å². The fourth-order valence-corrected chi connectivity index (χ4v) is 4.26. The molecule has 1 fully saturated rings. The van der Waals surface area contributed by atoms with Crippen LogP contribution in [0.2, 0.25) is 0 Å². The largest absolute Gasteiger partial charge is 0.487 e. The van der Waals surface area contributed by atoms with Crippen LogP contribution in [-0.2, 0) is 18.6 Å². The number of carbonyl (C=O) groups excluding carboxylic acids is 1. The highest BCUT2D eigenvalue weighted by atomic mass is 16.5. The number of aryl methyl sites for hydroxylation is 1. The predicted octanol–water partition coefficient (Wildman–Crippen LogP) is 4.01. The summed E-state index contributed by atoms with van der Waals surface area (Å²) in [6, 6.07) is 15.8. The van der Waals surface area contributed by atoms with Crippen LogP contribution in [0.15, 0.2) is 54.7 Å². The highest BCUT2D eigenvalue weighted by molar-refractivity contribution is 5.92. The van der Waals surface area contributed by atoms with Crippen LogP contribution in [0.3, 0.4) is 0 Å². The third-order valence-electron chi connectivity index (χ3n) is 6.45. The van der Waals surface area contributed by atoms with Crippen molar-refractivity contribution in [3.63, 3.8) is 0 Å². The lowest BCUT2D eigenvalue weighted by Gasteiger charge is -2.38. The second-order valence-corrected chi connectivity index (χ2v) is 9.47. The van der Waals surface area contributed by atoms with E-state index in [0.717, 1.165) is 55.4 Å². The molecule has 1 amide bonds. The van der Waals surface area contributed by atoms with E-state index in [1.807, 2.05) is 37.3 Å². The highest BCUT2D eigenvalue weighted by Gasteiger charge is 2.35. The number of amides is 1. The average Bonchev–Trinajstić information content (AvgIpc) is 2.84. The topological polar surface area (TPSA) is 71.5 Å². The summed E-state index contributed by atoms with van der Waals surface area (Å²) >= 11 is 0. The number of para-hydroxylation sites is 1. The number of pyridine rings is 1. The summed E-state index contributed by atoms with van der Waals surface area (Å²) in [4.78, 5) is 30.2. The Morgan fingerprint density at radius 1 is 1.09 bits per heavy atom. The molecule has 0 N–H and O–H groups in total. The zero-order valence-corrected chi connectivity index (χ0v) is 20.5. The Kier molecular flexibility index (Phi) is 7.22. The van der Waals surface area contributed by atoms with Gasteiger partial charge in [-0.3, -0.25) is 14.7 Å². The van der Waals surface area contributed by atoms with E-state index in [0.29, 0.717) is 12.3 Å². The minimum Gasteiger partial charge on any atom is -0.487 e. The summed E-state index contributed by atoms with van der Waals surface area (Å²) in [5, 5.41) is 0. The summed E-state index contributed by atoms with van der Waals surface area (Å²) < 4.78 is 6.10. The molecule has 1 aliphatic heterocycles. The van der Waals surface area contributed by atoms with Crippen molar-refractivity contribution in [3.8, 4) is 5.75 Å². The third-order valence-corrected chi connectivity index (χ3v) is 6.45. The highest BCUT2D eigenvalue weighted by Crippen LogP contribution is 2.34. The second kappa shape index (κ2) is 10.3. The Balaban J connectivity index is 1.41. The molecule has 178 valence electrons. The molecule has 3 aromatic rings. The van der Waals surface area contributed by atoms with Gasteiger partial charge in [-0.25, -0.2) is 9.97 Å². The van der Waals surface area contributed by atoms with Gasteiger partial charge in [0, 0.05) is 43.5 Å². The van der Waals surface area contributed by atoms with E-state index in [9.17, 15) is 4.79 Å². The Morgan fingerprint density at radius 2 is 1.82 bits per heavy atom. The van der Waals surface area contributed by atoms with Crippen LogP contribution in [0.4, 0.5) is 0 Å². The molecule has 1 aromatic carbocycles. The SMILES string of the molecule is Cc1cc(C(=O)N(C)C)nc(C2(C)CCN(Cc3ccccc3OCc3ccccn3)CC2)n1. The predicted molar refractivity (Wildman–Crippen MR) is 132 cm³/mol. The minimum atomic E-state index is -0.154. The molecular formula is C27H33N5O2. The number of benzene rings is 1. The number of likely N-dealkylation sites (tertiary alicyclic amines) is 1. The van der Waals surface area contributed by atoms with Gasteiger partial charge in [0.05, 0.1) is 5.69 Å². The van der Waals surface area contributed by atoms with Crippen LogP contribution < -0.4 is 4.74 Å². The molecule has 0 saturated carbocycles. The normalized spacial score (nSPS) is 15.6. The van der Waals surface area contributed by atoms with Gasteiger partial charge in [0.2, 0.25) is 0 Å². The quantitative estimate of drug-likeness (QED) is 0.532. The molecule has 0 bridgehead atoms. The summed E-state index contributed by atoms with van der Waals surface area (Å²) in [5.74, 6) is 1.59. The van der Waals surface area contributed by atoms with Gasteiger partial charge in [0.25, 0.3) is 5.91 Å². The van der Waals surface area contributed by atoms with Gasteiger partial charge in [0.15, 0.2) is 0 Å². The van der Waals surface area contributed by atoms with Crippen LogP contribution >= 0.6 is 0 Å². The molecule has 1 saturated heterocycles. The van der Waals surface area contributed by atoms with Gasteiger partial charge >= 0.3 is 0 Å². The molecule has 3 heterocycles. The fraction of sp³-hybridized carbons (Fsp3) is 0.407. The first-order chi connectivity index (χ1) is 16.3. The second-order valence-electron chi connectivity index (χ2n) is 9.47. The van der Waals surface area contributed by atoms with Gasteiger partial charge in [-0.05, 0) is 57.1 Å². The Morgan fingerprint density at radius 3 is 2.53 bits per heavy atom. The van der Waals surface area contributed by atoms with Crippen molar-refractivity contribution in [2.45, 2.75) is 45.3 Å². The van der Waals surface area contributed by atoms with E-state index < -0.39 is 0 Å². The maximum absolute atomic E-state index is 12.5. The Labute approximate surface area is 201 Å². The van der Waals surface area contributed by atoms with E-state index >= 15 is 0 Å². The fourth-order valence-electron chi connectivity index (χ4n) is 4.26. The van der Waals surface area contributed by atoms with E-state index in [1.54, 1.807) is 31.3 Å². The number of hydrogen-bond donors (Lipinski definition) is 0. The van der Waals surface area contributed by atoms with Crippen molar-refractivity contribution in [1.82, 2.24) is 24.8 Å². The number of ether oxygens (including phenoxy) is 1. The zero-order valence-electron chi connectivity index (χ0n) is 20.5. The first-order valence-corrected chi connectivity index (χ1v) is 11.7. The van der Waals surface area contributed by atoms with Gasteiger partial charge < -0.3 is 9.64 Å². The summed E-state index contributed by atoms with van der Waals surface area (Å²) in [7, 11) is 3.50. The van der Waals surface area contributed by atoms with Crippen molar-refractivity contribution in [3.05, 3.63) is 83.2 Å². The first kappa shape index (κ1) is 23.8. The molecule has 1 aliphatic rings. The van der Waals surface area contributed by atoms with Gasteiger partial charge in [-0.15, -0.1) is 0 Å². The molecule has 0 atom stereocenters. The monoisotopic (exact) mass is 459 g/mol. The van der Waals surface area contributed by atoms with E-state index in [-0.39, 0.29) is 11.3 Å².